The van der Waals surface area contributed by atoms with Gasteiger partial charge in [-0.15, -0.1) is 0 Å². The van der Waals surface area contributed by atoms with E-state index in [1.54, 1.807) is 0 Å². The zero-order chi connectivity index (χ0) is 54.1. The first-order valence-corrected chi connectivity index (χ1v) is 27.6. The van der Waals surface area contributed by atoms with Gasteiger partial charge in [0.05, 0.1) is 27.8 Å². The molecule has 16 aromatic rings. The lowest BCUT2D eigenvalue weighted by Gasteiger charge is -2.18. The number of hydrogen-bond donors (Lipinski definition) is 0. The molecule has 0 fully saturated rings. The van der Waals surface area contributed by atoms with Gasteiger partial charge in [-0.25, -0.2) is 9.97 Å². The Hall–Kier alpha value is -11.2. The summed E-state index contributed by atoms with van der Waals surface area (Å²) in [4.78, 5) is 24.4. The molecule has 382 valence electrons. The van der Waals surface area contributed by atoms with Gasteiger partial charge in [0.25, 0.3) is 0 Å². The van der Waals surface area contributed by atoms with Gasteiger partial charge >= 0.3 is 0 Å². The maximum absolute atomic E-state index is 4.88. The Labute approximate surface area is 472 Å². The highest BCUT2D eigenvalue weighted by Crippen LogP contribution is 2.44. The highest BCUT2D eigenvalue weighted by Gasteiger charge is 2.20. The third kappa shape index (κ3) is 7.94. The smallest absolute Gasteiger partial charge is 0.145 e. The van der Waals surface area contributed by atoms with Crippen LogP contribution in [0.3, 0.4) is 0 Å². The molecule has 7 aromatic heterocycles. The Morgan fingerprint density at radius 2 is 0.622 bits per heavy atom. The lowest BCUT2D eigenvalue weighted by Crippen LogP contribution is -1.94. The summed E-state index contributed by atoms with van der Waals surface area (Å²) < 4.78 is 4.29. The summed E-state index contributed by atoms with van der Waals surface area (Å²) in [5.74, 6) is 0. The first-order chi connectivity index (χ1) is 40.6. The minimum absolute atomic E-state index is 0.904. The quantitative estimate of drug-likeness (QED) is 0.135. The Kier molecular flexibility index (Phi) is 11.1. The van der Waals surface area contributed by atoms with E-state index >= 15 is 0 Å². The number of benzene rings is 9. The van der Waals surface area contributed by atoms with Crippen molar-refractivity contribution >= 4 is 54.9 Å². The summed E-state index contributed by atoms with van der Waals surface area (Å²) >= 11 is 0. The van der Waals surface area contributed by atoms with E-state index in [4.69, 9.17) is 24.9 Å². The van der Waals surface area contributed by atoms with Gasteiger partial charge in [-0.05, 0) is 156 Å². The van der Waals surface area contributed by atoms with Crippen LogP contribution in [0.2, 0.25) is 0 Å². The van der Waals surface area contributed by atoms with Gasteiger partial charge in [-0.1, -0.05) is 176 Å². The van der Waals surface area contributed by atoms with E-state index < -0.39 is 0 Å². The molecule has 0 bridgehead atoms. The van der Waals surface area contributed by atoms with Crippen molar-refractivity contribution in [2.24, 2.45) is 0 Å². The van der Waals surface area contributed by atoms with Crippen molar-refractivity contribution in [3.05, 3.63) is 286 Å². The van der Waals surface area contributed by atoms with E-state index in [1.165, 1.54) is 11.1 Å². The van der Waals surface area contributed by atoms with Crippen LogP contribution in [0.25, 0.3) is 155 Å². The largest absolute Gasteiger partial charge is 0.298 e. The number of aromatic nitrogens is 7. The molecule has 0 aliphatic carbocycles. The molecule has 0 atom stereocenters. The van der Waals surface area contributed by atoms with Crippen molar-refractivity contribution in [1.82, 2.24) is 33.7 Å². The Morgan fingerprint density at radius 3 is 1.12 bits per heavy atom. The average molecular weight is 1050 g/mol. The van der Waals surface area contributed by atoms with E-state index in [9.17, 15) is 0 Å². The van der Waals surface area contributed by atoms with Crippen molar-refractivity contribution in [1.29, 1.82) is 0 Å². The minimum atomic E-state index is 0.904. The van der Waals surface area contributed by atoms with Crippen molar-refractivity contribution < 1.29 is 0 Å². The number of imidazole rings is 2. The van der Waals surface area contributed by atoms with Gasteiger partial charge in [0.2, 0.25) is 0 Å². The highest BCUT2D eigenvalue weighted by atomic mass is 15.0. The second-order valence-corrected chi connectivity index (χ2v) is 20.9. The van der Waals surface area contributed by atoms with Gasteiger partial charge in [0.1, 0.15) is 11.3 Å². The number of pyridine rings is 5. The molecule has 82 heavy (non-hydrogen) atoms. The molecule has 0 aliphatic heterocycles. The van der Waals surface area contributed by atoms with Crippen molar-refractivity contribution in [2.75, 3.05) is 0 Å². The fourth-order valence-corrected chi connectivity index (χ4v) is 12.3. The van der Waals surface area contributed by atoms with Crippen LogP contribution in [0.1, 0.15) is 0 Å². The number of fused-ring (bicyclic) bond motifs is 12. The predicted octanol–water partition coefficient (Wildman–Crippen LogP) is 18.8. The standard InChI is InChI=1S/C75H47N7/c1-2-12-48(13-3-1)49-22-24-50(25-23-49)53-34-37-76-69(47-53)52-28-26-51(27-29-52)59-14-4-7-17-62(59)56-42-57(63-18-8-5-15-60(63)54-30-32-65-67(45-54)74-79-38-40-81(74)70-20-10-35-77-72(65)70)44-58(43-56)64-19-9-6-16-61(64)55-31-33-66-68(46-55)75-80-39-41-82(75)71-21-11-36-78-73(66)71/h1-47H. The first kappa shape index (κ1) is 46.9. The highest BCUT2D eigenvalue weighted by molar-refractivity contribution is 6.13. The van der Waals surface area contributed by atoms with Crippen LogP contribution in [0.15, 0.2) is 286 Å². The van der Waals surface area contributed by atoms with Crippen LogP contribution in [-0.4, -0.2) is 33.7 Å². The van der Waals surface area contributed by atoms with Gasteiger partial charge in [-0.3, -0.25) is 23.8 Å². The fourth-order valence-electron chi connectivity index (χ4n) is 12.3. The monoisotopic (exact) mass is 1050 g/mol. The molecular formula is C75H47N7. The minimum Gasteiger partial charge on any atom is -0.298 e. The second kappa shape index (κ2) is 19.3. The molecule has 7 nitrogen and oxygen atoms in total. The summed E-state index contributed by atoms with van der Waals surface area (Å²) in [5.41, 5.74) is 25.8. The Balaban J connectivity index is 0.833. The van der Waals surface area contributed by atoms with Crippen LogP contribution >= 0.6 is 0 Å². The molecule has 7 heterocycles. The Morgan fingerprint density at radius 1 is 0.220 bits per heavy atom. The molecule has 0 N–H and O–H groups in total. The summed E-state index contributed by atoms with van der Waals surface area (Å²) in [5, 5.41) is 4.25. The van der Waals surface area contributed by atoms with Gasteiger partial charge in [-0.2, -0.15) is 0 Å². The van der Waals surface area contributed by atoms with E-state index in [1.807, 2.05) is 55.5 Å². The molecule has 7 heteroatoms. The molecule has 0 amide bonds. The van der Waals surface area contributed by atoms with E-state index in [2.05, 4.69) is 239 Å². The molecule has 0 radical (unpaired) electrons. The van der Waals surface area contributed by atoms with Gasteiger partial charge < -0.3 is 0 Å². The van der Waals surface area contributed by atoms with Crippen LogP contribution in [-0.2, 0) is 0 Å². The molecule has 0 saturated carbocycles. The van der Waals surface area contributed by atoms with Crippen LogP contribution < -0.4 is 0 Å². The number of rotatable bonds is 9. The number of hydrogen-bond acceptors (Lipinski definition) is 5. The maximum atomic E-state index is 4.88. The summed E-state index contributed by atoms with van der Waals surface area (Å²) in [7, 11) is 0. The number of nitrogens with zero attached hydrogens (tertiary/aromatic N) is 7. The van der Waals surface area contributed by atoms with Crippen LogP contribution in [0.4, 0.5) is 0 Å². The average Bonchev–Trinajstić information content (AvgIpc) is 3.98. The summed E-state index contributed by atoms with van der Waals surface area (Å²) in [6.07, 6.45) is 13.4. The zero-order valence-electron chi connectivity index (χ0n) is 44.3. The van der Waals surface area contributed by atoms with E-state index in [0.29, 0.717) is 0 Å². The molecule has 9 aromatic carbocycles. The topological polar surface area (TPSA) is 73.3 Å². The molecule has 0 spiro atoms. The molecular weight excluding hydrogens is 999 g/mol. The fraction of sp³-hybridized carbons (Fsp3) is 0. The van der Waals surface area contributed by atoms with Crippen molar-refractivity contribution in [2.45, 2.75) is 0 Å². The van der Waals surface area contributed by atoms with Gasteiger partial charge in [0.15, 0.2) is 0 Å². The zero-order valence-corrected chi connectivity index (χ0v) is 44.3. The third-order valence-corrected chi connectivity index (χ3v) is 16.3. The van der Waals surface area contributed by atoms with E-state index in [0.717, 1.165) is 144 Å². The van der Waals surface area contributed by atoms with Crippen LogP contribution in [0, 0.1) is 0 Å². The van der Waals surface area contributed by atoms with Crippen molar-refractivity contribution in [3.8, 4) is 100 Å². The van der Waals surface area contributed by atoms with Crippen LogP contribution in [0.5, 0.6) is 0 Å². The van der Waals surface area contributed by atoms with Gasteiger partial charge in [0, 0.05) is 70.5 Å². The SMILES string of the molecule is c1ccc(-c2ccc(-c3ccnc(-c4ccc(-c5ccccc5-c5cc(-c6ccccc6-c6ccc7c(c6)c6nccn6c6cccnc76)cc(-c6ccccc6-c6ccc7c(c6)c6nccn6c6cccnc76)c5)cc4)c3)cc2)cc1. The molecule has 0 unspecified atom stereocenters. The normalized spacial score (nSPS) is 11.7. The second-order valence-electron chi connectivity index (χ2n) is 20.9. The summed E-state index contributed by atoms with van der Waals surface area (Å²) in [6, 6.07) is 87.5. The first-order valence-electron chi connectivity index (χ1n) is 27.6. The van der Waals surface area contributed by atoms with Crippen molar-refractivity contribution in [3.63, 3.8) is 0 Å². The maximum Gasteiger partial charge on any atom is 0.145 e. The molecule has 16 rings (SSSR count). The summed E-state index contributed by atoms with van der Waals surface area (Å²) in [6.45, 7) is 0. The van der Waals surface area contributed by atoms with E-state index in [-0.39, 0.29) is 0 Å². The lowest BCUT2D eigenvalue weighted by molar-refractivity contribution is 1.25. The molecule has 0 saturated heterocycles. The lowest BCUT2D eigenvalue weighted by atomic mass is 9.86. The molecule has 0 aliphatic rings. The predicted molar refractivity (Wildman–Crippen MR) is 336 cm³/mol. The Bertz CT molecular complexity index is 4940. The third-order valence-electron chi connectivity index (χ3n) is 16.3.